The maximum Gasteiger partial charge on any atom is 0.329 e. The minimum atomic E-state index is -1.67. The fourth-order valence-corrected chi connectivity index (χ4v) is 3.55. The molecule has 4 rings (SSSR count). The quantitative estimate of drug-likeness (QED) is 0.713. The number of hydrogen-bond donors (Lipinski definition) is 3. The number of urea groups is 1. The number of hydrogen-bond acceptors (Lipinski definition) is 7. The van der Waals surface area contributed by atoms with Crippen LogP contribution in [0.25, 0.3) is 0 Å². The zero-order chi connectivity index (χ0) is 16.0. The van der Waals surface area contributed by atoms with Crippen LogP contribution in [0.1, 0.15) is 18.4 Å². The lowest BCUT2D eigenvalue weighted by atomic mass is 10.1. The molecule has 3 N–H and O–H groups in total. The van der Waals surface area contributed by atoms with Crippen LogP contribution in [0, 0.1) is 0 Å². The van der Waals surface area contributed by atoms with Gasteiger partial charge in [-0.15, -0.1) is 0 Å². The van der Waals surface area contributed by atoms with Crippen molar-refractivity contribution in [2.75, 3.05) is 28.2 Å². The van der Waals surface area contributed by atoms with Gasteiger partial charge in [-0.2, -0.15) is 4.37 Å². The molecule has 9 heteroatoms. The topological polar surface area (TPSA) is 102 Å². The highest BCUT2D eigenvalue weighted by atomic mass is 32.1. The number of carbonyl (C=O) groups is 1. The number of aliphatic hydroxyl groups is 2. The summed E-state index contributed by atoms with van der Waals surface area (Å²) in [5, 5.41) is 23.3. The van der Waals surface area contributed by atoms with Crippen molar-refractivity contribution >= 4 is 34.9 Å². The van der Waals surface area contributed by atoms with Gasteiger partial charge in [-0.3, -0.25) is 10.2 Å². The van der Waals surface area contributed by atoms with E-state index in [-0.39, 0.29) is 17.8 Å². The normalized spacial score (nSPS) is 19.2. The first-order valence-corrected chi connectivity index (χ1v) is 8.10. The Bertz CT molecular complexity index is 736. The van der Waals surface area contributed by atoms with Gasteiger partial charge in [-0.05, 0) is 36.2 Å². The van der Waals surface area contributed by atoms with Gasteiger partial charge >= 0.3 is 6.03 Å². The molecule has 4 heterocycles. The third-order valence-corrected chi connectivity index (χ3v) is 4.69. The summed E-state index contributed by atoms with van der Waals surface area (Å²) in [7, 11) is 0. The van der Waals surface area contributed by atoms with Crippen LogP contribution in [0.4, 0.5) is 22.1 Å². The Labute approximate surface area is 136 Å². The van der Waals surface area contributed by atoms with Gasteiger partial charge in [-0.1, -0.05) is 0 Å². The maximum absolute atomic E-state index is 12.7. The molecule has 2 bridgehead atoms. The molecule has 1 fully saturated rings. The number of rotatable bonds is 2. The standard InChI is InChI=1S/C14H15N5O3S/c20-13(21)9-1-2-10-12(15-9)19(8-3-5-18(10)7-8)14(22)16-11-4-6-23-17-11/h1-2,4,6,8,13,20-21H,3,5,7H2,(H,16,17,22)/t8-/m0/s1. The molecule has 0 aromatic carbocycles. The molecule has 2 aromatic rings. The molecule has 2 aliphatic rings. The van der Waals surface area contributed by atoms with Crippen molar-refractivity contribution in [3.63, 3.8) is 0 Å². The van der Waals surface area contributed by atoms with Crippen molar-refractivity contribution < 1.29 is 15.0 Å². The SMILES string of the molecule is O=C(Nc1ccsn1)N1c2nc(C(O)O)ccc2N2CC[C@H]1C2. The first kappa shape index (κ1) is 14.4. The summed E-state index contributed by atoms with van der Waals surface area (Å²) in [4.78, 5) is 20.7. The van der Waals surface area contributed by atoms with Crippen molar-refractivity contribution in [2.24, 2.45) is 0 Å². The molecule has 0 spiro atoms. The molecule has 2 amide bonds. The Hall–Kier alpha value is -2.23. The van der Waals surface area contributed by atoms with Crippen LogP contribution in [0.3, 0.4) is 0 Å². The predicted octanol–water partition coefficient (Wildman–Crippen LogP) is 1.15. The van der Waals surface area contributed by atoms with E-state index in [1.54, 1.807) is 28.5 Å². The van der Waals surface area contributed by atoms with Gasteiger partial charge in [0.2, 0.25) is 0 Å². The third kappa shape index (κ3) is 2.42. The second-order valence-electron chi connectivity index (χ2n) is 5.53. The second kappa shape index (κ2) is 5.44. The van der Waals surface area contributed by atoms with Crippen LogP contribution in [0.5, 0.6) is 0 Å². The molecule has 0 unspecified atom stereocenters. The second-order valence-corrected chi connectivity index (χ2v) is 6.19. The van der Waals surface area contributed by atoms with E-state index in [0.29, 0.717) is 11.6 Å². The van der Waals surface area contributed by atoms with Crippen LogP contribution >= 0.6 is 11.5 Å². The average molecular weight is 333 g/mol. The van der Waals surface area contributed by atoms with E-state index >= 15 is 0 Å². The van der Waals surface area contributed by atoms with Crippen LogP contribution in [0.15, 0.2) is 23.6 Å². The Morgan fingerprint density at radius 1 is 1.39 bits per heavy atom. The van der Waals surface area contributed by atoms with Gasteiger partial charge < -0.3 is 15.1 Å². The lowest BCUT2D eigenvalue weighted by Gasteiger charge is -2.35. The number of pyridine rings is 1. The molecular formula is C14H15N5O3S. The number of anilines is 3. The number of nitrogens with zero attached hydrogens (tertiary/aromatic N) is 4. The fraction of sp³-hybridized carbons (Fsp3) is 0.357. The zero-order valence-electron chi connectivity index (χ0n) is 12.1. The van der Waals surface area contributed by atoms with Crippen molar-refractivity contribution in [3.8, 4) is 0 Å². The van der Waals surface area contributed by atoms with Gasteiger partial charge in [0.25, 0.3) is 0 Å². The van der Waals surface area contributed by atoms with E-state index in [2.05, 4.69) is 19.6 Å². The van der Waals surface area contributed by atoms with E-state index < -0.39 is 6.29 Å². The van der Waals surface area contributed by atoms with Gasteiger partial charge in [0.1, 0.15) is 5.82 Å². The summed E-state index contributed by atoms with van der Waals surface area (Å²) >= 11 is 1.26. The molecule has 2 aliphatic heterocycles. The van der Waals surface area contributed by atoms with Gasteiger partial charge in [0, 0.05) is 18.5 Å². The first-order valence-electron chi connectivity index (χ1n) is 7.26. The largest absolute Gasteiger partial charge is 0.366 e. The third-order valence-electron chi connectivity index (χ3n) is 4.13. The number of aromatic nitrogens is 2. The molecule has 0 radical (unpaired) electrons. The summed E-state index contributed by atoms with van der Waals surface area (Å²) < 4.78 is 4.09. The van der Waals surface area contributed by atoms with E-state index in [4.69, 9.17) is 0 Å². The van der Waals surface area contributed by atoms with Crippen LogP contribution in [-0.2, 0) is 0 Å². The van der Waals surface area contributed by atoms with E-state index in [1.807, 2.05) is 0 Å². The fourth-order valence-electron chi connectivity index (χ4n) is 3.08. The summed E-state index contributed by atoms with van der Waals surface area (Å²) in [5.41, 5.74) is 0.953. The molecular weight excluding hydrogens is 318 g/mol. The van der Waals surface area contributed by atoms with Gasteiger partial charge in [0.15, 0.2) is 12.1 Å². The lowest BCUT2D eigenvalue weighted by molar-refractivity contribution is -0.0457. The highest BCUT2D eigenvalue weighted by Gasteiger charge is 2.40. The monoisotopic (exact) mass is 333 g/mol. The molecule has 0 saturated carbocycles. The summed E-state index contributed by atoms with van der Waals surface area (Å²) in [6.45, 7) is 1.60. The molecule has 120 valence electrons. The smallest absolute Gasteiger partial charge is 0.329 e. The number of aliphatic hydroxyl groups excluding tert-OH is 1. The number of nitrogens with one attached hydrogen (secondary N) is 1. The van der Waals surface area contributed by atoms with Crippen molar-refractivity contribution in [1.29, 1.82) is 0 Å². The molecule has 23 heavy (non-hydrogen) atoms. The van der Waals surface area contributed by atoms with Crippen LogP contribution < -0.4 is 15.1 Å². The number of amides is 2. The minimum absolute atomic E-state index is 0.0136. The summed E-state index contributed by atoms with van der Waals surface area (Å²) in [6, 6.07) is 4.79. The molecule has 0 aliphatic carbocycles. The number of carbonyl (C=O) groups excluding carboxylic acids is 1. The predicted molar refractivity (Wildman–Crippen MR) is 85.6 cm³/mol. The molecule has 2 aromatic heterocycles. The Morgan fingerprint density at radius 2 is 2.26 bits per heavy atom. The van der Waals surface area contributed by atoms with Crippen LogP contribution in [-0.4, -0.2) is 44.7 Å². The van der Waals surface area contributed by atoms with Crippen molar-refractivity contribution in [2.45, 2.75) is 18.8 Å². The molecule has 8 nitrogen and oxygen atoms in total. The van der Waals surface area contributed by atoms with E-state index in [0.717, 1.165) is 25.2 Å². The van der Waals surface area contributed by atoms with Crippen LogP contribution in [0.2, 0.25) is 0 Å². The Balaban J connectivity index is 1.72. The highest BCUT2D eigenvalue weighted by Crippen LogP contribution is 2.39. The molecule has 1 atom stereocenters. The zero-order valence-corrected chi connectivity index (χ0v) is 12.9. The Morgan fingerprint density at radius 3 is 3.00 bits per heavy atom. The summed E-state index contributed by atoms with van der Waals surface area (Å²) in [5.74, 6) is 0.956. The van der Waals surface area contributed by atoms with Crippen molar-refractivity contribution in [1.82, 2.24) is 9.36 Å². The Kier molecular flexibility index (Phi) is 3.40. The van der Waals surface area contributed by atoms with Gasteiger partial charge in [-0.25, -0.2) is 9.78 Å². The van der Waals surface area contributed by atoms with E-state index in [9.17, 15) is 15.0 Å². The minimum Gasteiger partial charge on any atom is -0.366 e. The summed E-state index contributed by atoms with van der Waals surface area (Å²) in [6.07, 6.45) is -0.823. The number of fused-ring (bicyclic) bond motifs is 4. The maximum atomic E-state index is 12.7. The van der Waals surface area contributed by atoms with E-state index in [1.165, 1.54) is 11.5 Å². The first-order chi connectivity index (χ1) is 11.1. The lowest BCUT2D eigenvalue weighted by Crippen LogP contribution is -2.48. The highest BCUT2D eigenvalue weighted by molar-refractivity contribution is 7.03. The average Bonchev–Trinajstić information content (AvgIpc) is 3.18. The molecule has 1 saturated heterocycles. The van der Waals surface area contributed by atoms with Gasteiger partial charge in [0.05, 0.1) is 17.4 Å². The van der Waals surface area contributed by atoms with Crippen molar-refractivity contribution in [3.05, 3.63) is 29.3 Å².